The fraction of sp³-hybridized carbons (Fsp3) is 0.182. The molecule has 0 aliphatic rings. The summed E-state index contributed by atoms with van der Waals surface area (Å²) in [7, 11) is 0. The van der Waals surface area contributed by atoms with Crippen LogP contribution in [0.1, 0.15) is 11.3 Å². The van der Waals surface area contributed by atoms with E-state index in [1.165, 1.54) is 6.07 Å². The Bertz CT molecular complexity index is 562. The average molecular weight is 260 g/mol. The van der Waals surface area contributed by atoms with E-state index in [0.717, 1.165) is 12.5 Å². The topological polar surface area (TPSA) is 52.0 Å². The van der Waals surface area contributed by atoms with Crippen LogP contribution in [0.25, 0.3) is 11.3 Å². The predicted molar refractivity (Wildman–Crippen MR) is 54.8 cm³/mol. The van der Waals surface area contributed by atoms with E-state index in [1.807, 2.05) is 0 Å². The van der Waals surface area contributed by atoms with Crippen molar-refractivity contribution < 1.29 is 22.0 Å². The number of nitrogens with zero attached hydrogens (tertiary/aromatic N) is 1. The highest BCUT2D eigenvalue weighted by Gasteiger charge is 2.35. The van der Waals surface area contributed by atoms with Gasteiger partial charge in [-0.2, -0.15) is 13.2 Å². The Balaban J connectivity index is 2.60. The zero-order valence-electron chi connectivity index (χ0n) is 8.96. The number of oxazole rings is 1. The largest absolute Gasteiger partial charge is 0.443 e. The quantitative estimate of drug-likeness (QED) is 0.844. The van der Waals surface area contributed by atoms with Crippen LogP contribution >= 0.6 is 0 Å². The van der Waals surface area contributed by atoms with Gasteiger partial charge in [-0.15, -0.1) is 0 Å². The highest BCUT2D eigenvalue weighted by molar-refractivity contribution is 5.62. The smallest absolute Gasteiger partial charge is 0.419 e. The van der Waals surface area contributed by atoms with Crippen molar-refractivity contribution >= 4 is 0 Å². The molecular weight excluding hydrogens is 252 g/mol. The molecule has 0 aliphatic carbocycles. The summed E-state index contributed by atoms with van der Waals surface area (Å²) in [6.07, 6.45) is -3.75. The molecule has 18 heavy (non-hydrogen) atoms. The molecule has 1 aromatic heterocycles. The number of aromatic nitrogens is 1. The predicted octanol–water partition coefficient (Wildman–Crippen LogP) is 2.96. The van der Waals surface area contributed by atoms with E-state index in [2.05, 4.69) is 4.98 Å². The fourth-order valence-corrected chi connectivity index (χ4v) is 1.56. The van der Waals surface area contributed by atoms with Crippen LogP contribution < -0.4 is 5.73 Å². The van der Waals surface area contributed by atoms with E-state index in [-0.39, 0.29) is 23.6 Å². The monoisotopic (exact) mass is 260 g/mol. The molecule has 2 rings (SSSR count). The second-order valence-electron chi connectivity index (χ2n) is 3.50. The number of benzene rings is 1. The maximum absolute atomic E-state index is 13.8. The summed E-state index contributed by atoms with van der Waals surface area (Å²) in [6, 6.07) is 2.95. The first kappa shape index (κ1) is 12.6. The number of rotatable bonds is 2. The number of alkyl halides is 3. The van der Waals surface area contributed by atoms with Crippen molar-refractivity contribution in [2.24, 2.45) is 5.73 Å². The maximum atomic E-state index is 13.8. The Labute approximate surface area is 99.2 Å². The van der Waals surface area contributed by atoms with E-state index in [0.29, 0.717) is 6.07 Å². The lowest BCUT2D eigenvalue weighted by atomic mass is 10.1. The molecule has 96 valence electrons. The van der Waals surface area contributed by atoms with Crippen LogP contribution in [0.5, 0.6) is 0 Å². The van der Waals surface area contributed by atoms with Gasteiger partial charge in [-0.05, 0) is 12.1 Å². The van der Waals surface area contributed by atoms with Gasteiger partial charge in [-0.3, -0.25) is 0 Å². The van der Waals surface area contributed by atoms with Gasteiger partial charge >= 0.3 is 6.18 Å². The van der Waals surface area contributed by atoms with E-state index in [9.17, 15) is 17.6 Å². The molecule has 0 spiro atoms. The first-order valence-corrected chi connectivity index (χ1v) is 4.93. The molecule has 0 radical (unpaired) electrons. The summed E-state index contributed by atoms with van der Waals surface area (Å²) >= 11 is 0. The molecule has 0 unspecified atom stereocenters. The molecule has 0 aliphatic heterocycles. The minimum absolute atomic E-state index is 0.0540. The zero-order valence-corrected chi connectivity index (χ0v) is 8.96. The number of halogens is 4. The Hall–Kier alpha value is -1.89. The second kappa shape index (κ2) is 4.41. The van der Waals surface area contributed by atoms with Crippen molar-refractivity contribution in [1.82, 2.24) is 4.98 Å². The highest BCUT2D eigenvalue weighted by Crippen LogP contribution is 2.36. The minimum atomic E-state index is -4.76. The standard InChI is InChI=1S/C11H8F4N2O/c12-9-6(10-8(4-16)17-5-18-10)2-1-3-7(9)11(13,14)15/h1-3,5H,4,16H2. The van der Waals surface area contributed by atoms with Crippen LogP contribution in [0, 0.1) is 5.82 Å². The van der Waals surface area contributed by atoms with Crippen molar-refractivity contribution in [1.29, 1.82) is 0 Å². The number of hydrogen-bond donors (Lipinski definition) is 1. The Morgan fingerprint density at radius 1 is 1.28 bits per heavy atom. The van der Waals surface area contributed by atoms with Crippen LogP contribution in [-0.2, 0) is 12.7 Å². The zero-order chi connectivity index (χ0) is 13.3. The third-order valence-corrected chi connectivity index (χ3v) is 2.38. The van der Waals surface area contributed by atoms with Gasteiger partial charge in [-0.25, -0.2) is 9.37 Å². The first-order valence-electron chi connectivity index (χ1n) is 4.93. The van der Waals surface area contributed by atoms with Crippen molar-refractivity contribution in [2.45, 2.75) is 12.7 Å². The second-order valence-corrected chi connectivity index (χ2v) is 3.50. The molecule has 0 saturated carbocycles. The molecule has 1 aromatic carbocycles. The minimum Gasteiger partial charge on any atom is -0.443 e. The molecule has 2 aromatic rings. The lowest BCUT2D eigenvalue weighted by Crippen LogP contribution is -2.09. The van der Waals surface area contributed by atoms with Gasteiger partial charge in [0.05, 0.1) is 11.1 Å². The third-order valence-electron chi connectivity index (χ3n) is 2.38. The molecule has 7 heteroatoms. The van der Waals surface area contributed by atoms with Crippen molar-refractivity contribution in [2.75, 3.05) is 0 Å². The summed E-state index contributed by atoms with van der Waals surface area (Å²) < 4.78 is 56.3. The highest BCUT2D eigenvalue weighted by atomic mass is 19.4. The lowest BCUT2D eigenvalue weighted by Gasteiger charge is -2.10. The van der Waals surface area contributed by atoms with Gasteiger partial charge in [0.25, 0.3) is 0 Å². The van der Waals surface area contributed by atoms with E-state index in [4.69, 9.17) is 10.2 Å². The summed E-state index contributed by atoms with van der Waals surface area (Å²) in [5.41, 5.74) is 3.89. The number of nitrogens with two attached hydrogens (primary N) is 1. The molecule has 0 bridgehead atoms. The van der Waals surface area contributed by atoms with Crippen LogP contribution in [-0.4, -0.2) is 4.98 Å². The molecule has 3 nitrogen and oxygen atoms in total. The van der Waals surface area contributed by atoms with Gasteiger partial charge < -0.3 is 10.2 Å². The van der Waals surface area contributed by atoms with Gasteiger partial charge in [0, 0.05) is 6.54 Å². The van der Waals surface area contributed by atoms with Gasteiger partial charge in [0.2, 0.25) is 0 Å². The molecule has 0 amide bonds. The van der Waals surface area contributed by atoms with E-state index < -0.39 is 17.6 Å². The fourth-order valence-electron chi connectivity index (χ4n) is 1.56. The van der Waals surface area contributed by atoms with Gasteiger partial charge in [0.15, 0.2) is 12.2 Å². The van der Waals surface area contributed by atoms with Crippen molar-refractivity contribution in [3.63, 3.8) is 0 Å². The van der Waals surface area contributed by atoms with Crippen LogP contribution in [0.2, 0.25) is 0 Å². The number of hydrogen-bond acceptors (Lipinski definition) is 3. The van der Waals surface area contributed by atoms with Crippen LogP contribution in [0.15, 0.2) is 29.0 Å². The molecule has 2 N–H and O–H groups in total. The Morgan fingerprint density at radius 3 is 2.61 bits per heavy atom. The third kappa shape index (κ3) is 2.08. The summed E-state index contributed by atoms with van der Waals surface area (Å²) in [5.74, 6) is -1.47. The van der Waals surface area contributed by atoms with Crippen molar-refractivity contribution in [3.8, 4) is 11.3 Å². The molecular formula is C11H8F4N2O. The van der Waals surface area contributed by atoms with E-state index in [1.54, 1.807) is 0 Å². The average Bonchev–Trinajstić information content (AvgIpc) is 2.75. The van der Waals surface area contributed by atoms with Crippen LogP contribution in [0.3, 0.4) is 0 Å². The normalized spacial score (nSPS) is 11.8. The molecule has 0 saturated heterocycles. The van der Waals surface area contributed by atoms with Gasteiger partial charge in [0.1, 0.15) is 11.5 Å². The maximum Gasteiger partial charge on any atom is 0.419 e. The molecule has 1 heterocycles. The molecule has 0 fully saturated rings. The lowest BCUT2D eigenvalue weighted by molar-refractivity contribution is -0.139. The van der Waals surface area contributed by atoms with Crippen LogP contribution in [0.4, 0.5) is 17.6 Å². The first-order chi connectivity index (χ1) is 8.45. The Kier molecular flexibility index (Phi) is 3.08. The van der Waals surface area contributed by atoms with Gasteiger partial charge in [-0.1, -0.05) is 6.07 Å². The molecule has 0 atom stereocenters. The SMILES string of the molecule is NCc1ncoc1-c1cccc(C(F)(F)F)c1F. The van der Waals surface area contributed by atoms with E-state index >= 15 is 0 Å². The summed E-state index contributed by atoms with van der Waals surface area (Å²) in [4.78, 5) is 3.70. The summed E-state index contributed by atoms with van der Waals surface area (Å²) in [6.45, 7) is -0.0540. The van der Waals surface area contributed by atoms with Crippen molar-refractivity contribution in [3.05, 3.63) is 41.7 Å². The Morgan fingerprint density at radius 2 is 2.00 bits per heavy atom. The summed E-state index contributed by atoms with van der Waals surface area (Å²) in [5, 5.41) is 0.